The lowest BCUT2D eigenvalue weighted by Gasteiger charge is -2.04. The second-order valence-electron chi connectivity index (χ2n) is 2.88. The van der Waals surface area contributed by atoms with Crippen LogP contribution in [0.4, 0.5) is 4.39 Å². The lowest BCUT2D eigenvalue weighted by atomic mass is 10.3. The third kappa shape index (κ3) is 1.76. The molecule has 0 aliphatic carbocycles. The van der Waals surface area contributed by atoms with Crippen LogP contribution in [0.3, 0.4) is 0 Å². The zero-order valence-corrected chi connectivity index (χ0v) is 8.28. The first-order valence-electron chi connectivity index (χ1n) is 4.17. The molecule has 0 unspecified atom stereocenters. The van der Waals surface area contributed by atoms with Gasteiger partial charge in [-0.1, -0.05) is 11.6 Å². The summed E-state index contributed by atoms with van der Waals surface area (Å²) in [5.74, 6) is -0.519. The van der Waals surface area contributed by atoms with Gasteiger partial charge in [0.2, 0.25) is 0 Å². The number of hydrogen-bond acceptors (Lipinski definition) is 2. The second kappa shape index (κ2) is 3.82. The molecular formula is C10H6ClFN2O. The third-order valence-corrected chi connectivity index (χ3v) is 2.17. The largest absolute Gasteiger partial charge is 0.296 e. The molecule has 2 aromatic rings. The fourth-order valence-electron chi connectivity index (χ4n) is 1.26. The summed E-state index contributed by atoms with van der Waals surface area (Å²) < 4.78 is 14.7. The predicted molar refractivity (Wildman–Crippen MR) is 53.9 cm³/mol. The second-order valence-corrected chi connectivity index (χ2v) is 3.32. The Kier molecular flexibility index (Phi) is 2.51. The van der Waals surface area contributed by atoms with Gasteiger partial charge in [0.15, 0.2) is 6.29 Å². The van der Waals surface area contributed by atoms with Crippen molar-refractivity contribution in [1.82, 2.24) is 9.78 Å². The number of hydrogen-bond donors (Lipinski definition) is 0. The maximum atomic E-state index is 13.5. The minimum atomic E-state index is -0.519. The van der Waals surface area contributed by atoms with E-state index in [0.717, 1.165) is 0 Å². The van der Waals surface area contributed by atoms with E-state index in [1.165, 1.54) is 35.1 Å². The number of nitrogens with zero attached hydrogens (tertiary/aromatic N) is 2. The summed E-state index contributed by atoms with van der Waals surface area (Å²) in [4.78, 5) is 10.6. The quantitative estimate of drug-likeness (QED) is 0.735. The van der Waals surface area contributed by atoms with Crippen molar-refractivity contribution >= 4 is 17.9 Å². The molecule has 1 heterocycles. The number of halogens is 2. The fourth-order valence-corrected chi connectivity index (χ4v) is 1.42. The van der Waals surface area contributed by atoms with E-state index in [0.29, 0.717) is 11.3 Å². The average molecular weight is 225 g/mol. The van der Waals surface area contributed by atoms with E-state index in [1.807, 2.05) is 0 Å². The molecule has 0 spiro atoms. The fraction of sp³-hybridized carbons (Fsp3) is 0. The van der Waals surface area contributed by atoms with Gasteiger partial charge in [-0.3, -0.25) is 4.79 Å². The van der Waals surface area contributed by atoms with Crippen LogP contribution in [0.15, 0.2) is 30.5 Å². The predicted octanol–water partition coefficient (Wildman–Crippen LogP) is 2.48. The van der Waals surface area contributed by atoms with Crippen molar-refractivity contribution in [1.29, 1.82) is 0 Å². The Morgan fingerprint density at radius 3 is 2.87 bits per heavy atom. The Balaban J connectivity index is 2.59. The van der Waals surface area contributed by atoms with Gasteiger partial charge in [0, 0.05) is 5.02 Å². The number of carbonyl (C=O) groups excluding carboxylic acids is 1. The van der Waals surface area contributed by atoms with Crippen molar-refractivity contribution in [3.8, 4) is 5.69 Å². The highest BCUT2D eigenvalue weighted by Gasteiger charge is 2.09. The molecule has 0 radical (unpaired) electrons. The van der Waals surface area contributed by atoms with E-state index in [4.69, 9.17) is 11.6 Å². The van der Waals surface area contributed by atoms with E-state index in [2.05, 4.69) is 5.10 Å². The minimum absolute atomic E-state index is 0.200. The summed E-state index contributed by atoms with van der Waals surface area (Å²) in [6.07, 6.45) is 2.04. The highest BCUT2D eigenvalue weighted by atomic mass is 35.5. The van der Waals surface area contributed by atoms with Crippen molar-refractivity contribution in [2.45, 2.75) is 0 Å². The van der Waals surface area contributed by atoms with Crippen LogP contribution in [0.25, 0.3) is 5.69 Å². The van der Waals surface area contributed by atoms with Gasteiger partial charge in [0.05, 0.1) is 6.20 Å². The van der Waals surface area contributed by atoms with Crippen molar-refractivity contribution in [2.24, 2.45) is 0 Å². The Morgan fingerprint density at radius 1 is 1.40 bits per heavy atom. The number of aromatic nitrogens is 2. The van der Waals surface area contributed by atoms with E-state index in [1.54, 1.807) is 0 Å². The Hall–Kier alpha value is -1.68. The Labute approximate surface area is 90.1 Å². The van der Waals surface area contributed by atoms with Gasteiger partial charge in [-0.25, -0.2) is 9.07 Å². The number of rotatable bonds is 2. The molecule has 1 aromatic heterocycles. The molecule has 0 saturated carbocycles. The van der Waals surface area contributed by atoms with Gasteiger partial charge >= 0.3 is 0 Å². The van der Waals surface area contributed by atoms with Gasteiger partial charge in [-0.05, 0) is 24.3 Å². The first-order valence-corrected chi connectivity index (χ1v) is 4.55. The first-order chi connectivity index (χ1) is 7.22. The molecule has 15 heavy (non-hydrogen) atoms. The van der Waals surface area contributed by atoms with E-state index in [-0.39, 0.29) is 11.4 Å². The van der Waals surface area contributed by atoms with Crippen LogP contribution in [-0.4, -0.2) is 16.1 Å². The van der Waals surface area contributed by atoms with Crippen LogP contribution in [0, 0.1) is 5.82 Å². The lowest BCUT2D eigenvalue weighted by molar-refractivity contribution is 0.111. The molecular weight excluding hydrogens is 219 g/mol. The summed E-state index contributed by atoms with van der Waals surface area (Å²) in [6, 6.07) is 5.68. The zero-order chi connectivity index (χ0) is 10.8. The highest BCUT2D eigenvalue weighted by molar-refractivity contribution is 6.30. The van der Waals surface area contributed by atoms with E-state index >= 15 is 0 Å². The Bertz CT molecular complexity index is 510. The molecule has 0 N–H and O–H groups in total. The number of carbonyl (C=O) groups is 1. The normalized spacial score (nSPS) is 10.3. The van der Waals surface area contributed by atoms with Gasteiger partial charge in [0.25, 0.3) is 0 Å². The molecule has 5 heteroatoms. The van der Waals surface area contributed by atoms with Crippen molar-refractivity contribution in [3.05, 3.63) is 47.0 Å². The molecule has 0 bridgehead atoms. The van der Waals surface area contributed by atoms with Crippen LogP contribution in [0.1, 0.15) is 10.5 Å². The number of benzene rings is 1. The summed E-state index contributed by atoms with van der Waals surface area (Å²) >= 11 is 5.61. The zero-order valence-electron chi connectivity index (χ0n) is 7.52. The third-order valence-electron chi connectivity index (χ3n) is 1.93. The smallest absolute Gasteiger partial charge is 0.168 e. The maximum absolute atomic E-state index is 13.5. The van der Waals surface area contributed by atoms with E-state index < -0.39 is 5.82 Å². The van der Waals surface area contributed by atoms with Crippen LogP contribution < -0.4 is 0 Å². The van der Waals surface area contributed by atoms with Crippen LogP contribution in [0.2, 0.25) is 5.02 Å². The molecule has 0 aliphatic heterocycles. The molecule has 76 valence electrons. The SMILES string of the molecule is O=Cc1ccnn1-c1ccc(Cl)cc1F. The standard InChI is InChI=1S/C10H6ClFN2O/c11-7-1-2-10(9(12)5-7)14-8(6-15)3-4-13-14/h1-6H. The van der Waals surface area contributed by atoms with Crippen molar-refractivity contribution < 1.29 is 9.18 Å². The van der Waals surface area contributed by atoms with Gasteiger partial charge in [-0.2, -0.15) is 5.10 Å². The Morgan fingerprint density at radius 2 is 2.20 bits per heavy atom. The maximum Gasteiger partial charge on any atom is 0.168 e. The van der Waals surface area contributed by atoms with Gasteiger partial charge in [-0.15, -0.1) is 0 Å². The monoisotopic (exact) mass is 224 g/mol. The van der Waals surface area contributed by atoms with Crippen molar-refractivity contribution in [2.75, 3.05) is 0 Å². The molecule has 0 amide bonds. The molecule has 3 nitrogen and oxygen atoms in total. The average Bonchev–Trinajstić information content (AvgIpc) is 2.65. The first kappa shape index (κ1) is 9.86. The van der Waals surface area contributed by atoms with Crippen molar-refractivity contribution in [3.63, 3.8) is 0 Å². The number of aldehydes is 1. The topological polar surface area (TPSA) is 34.9 Å². The summed E-state index contributed by atoms with van der Waals surface area (Å²) in [6.45, 7) is 0. The summed E-state index contributed by atoms with van der Waals surface area (Å²) in [7, 11) is 0. The van der Waals surface area contributed by atoms with Crippen LogP contribution in [0.5, 0.6) is 0 Å². The van der Waals surface area contributed by atoms with Crippen LogP contribution >= 0.6 is 11.6 Å². The van der Waals surface area contributed by atoms with Gasteiger partial charge < -0.3 is 0 Å². The minimum Gasteiger partial charge on any atom is -0.296 e. The molecule has 1 aromatic carbocycles. The van der Waals surface area contributed by atoms with Crippen LogP contribution in [-0.2, 0) is 0 Å². The molecule has 0 atom stereocenters. The molecule has 2 rings (SSSR count). The lowest BCUT2D eigenvalue weighted by Crippen LogP contribution is -2.03. The van der Waals surface area contributed by atoms with E-state index in [9.17, 15) is 9.18 Å². The molecule has 0 saturated heterocycles. The molecule has 0 fully saturated rings. The summed E-state index contributed by atoms with van der Waals surface area (Å²) in [5, 5.41) is 4.15. The van der Waals surface area contributed by atoms with Gasteiger partial charge in [0.1, 0.15) is 17.2 Å². The summed E-state index contributed by atoms with van der Waals surface area (Å²) in [5.41, 5.74) is 0.489. The molecule has 0 aliphatic rings. The highest BCUT2D eigenvalue weighted by Crippen LogP contribution is 2.18.